The van der Waals surface area contributed by atoms with Crippen molar-refractivity contribution in [3.05, 3.63) is 97.1 Å². The minimum Gasteiger partial charge on any atom is -0.447 e. The van der Waals surface area contributed by atoms with Gasteiger partial charge < -0.3 is 9.47 Å². The van der Waals surface area contributed by atoms with Crippen LogP contribution in [0.2, 0.25) is 0 Å². The zero-order valence-corrected chi connectivity index (χ0v) is 26.7. The van der Waals surface area contributed by atoms with Crippen molar-refractivity contribution >= 4 is 21.8 Å². The quantitative estimate of drug-likeness (QED) is 0.182. The molecule has 14 heteroatoms. The van der Waals surface area contributed by atoms with Gasteiger partial charge in [-0.1, -0.05) is 55.0 Å². The van der Waals surface area contributed by atoms with E-state index in [4.69, 9.17) is 46.7 Å². The summed E-state index contributed by atoms with van der Waals surface area (Å²) in [5.74, 6) is 4.14. The van der Waals surface area contributed by atoms with Gasteiger partial charge in [0.05, 0.1) is 21.8 Å². The van der Waals surface area contributed by atoms with E-state index in [1.54, 1.807) is 0 Å². The molecule has 3 aliphatic rings. The lowest BCUT2D eigenvalue weighted by Crippen LogP contribution is -2.68. The van der Waals surface area contributed by atoms with Crippen molar-refractivity contribution in [2.45, 2.75) is 62.2 Å². The largest absolute Gasteiger partial charge is 0.447 e. The SMILES string of the molecule is [O-][Cl+3]([O-])([O-])[O-].[O-][Cl+3]([O-])([O-])[O-].c1ccc2c(c1)Oc1ccccc1[S+]2[C@@H]1CCCCC[C@H]1[S+]1c2ccccc2Oc2ccccc21. The first-order valence-corrected chi connectivity index (χ1v) is 18.8. The van der Waals surface area contributed by atoms with Crippen LogP contribution in [0.1, 0.15) is 32.1 Å². The molecule has 0 spiro atoms. The fourth-order valence-corrected chi connectivity index (χ4v) is 12.1. The maximum Gasteiger partial charge on any atom is 0.203 e. The molecule has 2 atom stereocenters. The first-order valence-electron chi connectivity index (χ1n) is 13.8. The van der Waals surface area contributed by atoms with Gasteiger partial charge in [0, 0.05) is 12.8 Å². The van der Waals surface area contributed by atoms with Crippen molar-refractivity contribution in [2.75, 3.05) is 0 Å². The lowest BCUT2D eigenvalue weighted by molar-refractivity contribution is -2.00. The number of ether oxygens (including phenoxy) is 2. The highest BCUT2D eigenvalue weighted by atomic mass is 35.7. The van der Waals surface area contributed by atoms with Crippen LogP contribution in [0.3, 0.4) is 0 Å². The third-order valence-corrected chi connectivity index (χ3v) is 13.0. The molecule has 0 unspecified atom stereocenters. The number of para-hydroxylation sites is 4. The molecule has 1 fully saturated rings. The van der Waals surface area contributed by atoms with E-state index in [-0.39, 0.29) is 21.8 Å². The Kier molecular flexibility index (Phi) is 10.9. The molecular formula is C31H28Cl2O10S2. The van der Waals surface area contributed by atoms with E-state index in [1.807, 2.05) is 0 Å². The van der Waals surface area contributed by atoms with Gasteiger partial charge in [0.1, 0.15) is 0 Å². The van der Waals surface area contributed by atoms with E-state index in [0.29, 0.717) is 10.5 Å². The van der Waals surface area contributed by atoms with E-state index >= 15 is 0 Å². The van der Waals surface area contributed by atoms with Crippen LogP contribution in [0.5, 0.6) is 23.0 Å². The highest BCUT2D eigenvalue weighted by Crippen LogP contribution is 2.53. The van der Waals surface area contributed by atoms with Crippen LogP contribution in [0, 0.1) is 20.5 Å². The molecular weight excluding hydrogens is 667 g/mol. The van der Waals surface area contributed by atoms with E-state index in [0.717, 1.165) is 23.0 Å². The van der Waals surface area contributed by atoms with Crippen LogP contribution in [0.15, 0.2) is 117 Å². The second-order valence-corrected chi connectivity index (χ2v) is 16.0. The molecule has 1 aliphatic carbocycles. The van der Waals surface area contributed by atoms with Gasteiger partial charge in [-0.3, -0.25) is 0 Å². The lowest BCUT2D eigenvalue weighted by atomic mass is 10.2. The summed E-state index contributed by atoms with van der Waals surface area (Å²) in [5.41, 5.74) is 0. The zero-order chi connectivity index (χ0) is 32.2. The molecule has 45 heavy (non-hydrogen) atoms. The number of halogens is 2. The summed E-state index contributed by atoms with van der Waals surface area (Å²) in [5, 5.41) is 1.12. The Hall–Kier alpha value is -2.56. The van der Waals surface area contributed by atoms with Gasteiger partial charge >= 0.3 is 0 Å². The van der Waals surface area contributed by atoms with Crippen molar-refractivity contribution in [1.29, 1.82) is 0 Å². The third-order valence-electron chi connectivity index (χ3n) is 7.28. The average Bonchev–Trinajstić information content (AvgIpc) is 3.22. The van der Waals surface area contributed by atoms with Crippen LogP contribution in [-0.4, -0.2) is 10.5 Å². The van der Waals surface area contributed by atoms with Crippen molar-refractivity contribution in [3.63, 3.8) is 0 Å². The van der Waals surface area contributed by atoms with Crippen LogP contribution in [-0.2, 0) is 21.8 Å². The minimum atomic E-state index is -4.94. The molecule has 4 aromatic carbocycles. The second kappa shape index (κ2) is 14.5. The normalized spacial score (nSPS) is 19.3. The van der Waals surface area contributed by atoms with Gasteiger partial charge in [0.15, 0.2) is 33.5 Å². The van der Waals surface area contributed by atoms with Gasteiger partial charge in [-0.2, -0.15) is 0 Å². The van der Waals surface area contributed by atoms with E-state index in [2.05, 4.69) is 97.1 Å². The lowest BCUT2D eigenvalue weighted by Gasteiger charge is -2.30. The van der Waals surface area contributed by atoms with Gasteiger partial charge in [-0.15, -0.1) is 20.5 Å². The van der Waals surface area contributed by atoms with Gasteiger partial charge in [0.25, 0.3) is 0 Å². The molecule has 2 heterocycles. The molecule has 1 saturated carbocycles. The molecule has 2 aliphatic heterocycles. The predicted octanol–water partition coefficient (Wildman–Crippen LogP) is -1.14. The van der Waals surface area contributed by atoms with Crippen LogP contribution < -0.4 is 46.7 Å². The number of hydrogen-bond donors (Lipinski definition) is 0. The van der Waals surface area contributed by atoms with E-state index in [1.165, 1.54) is 51.7 Å². The summed E-state index contributed by atoms with van der Waals surface area (Å²) in [7, 11) is -9.96. The van der Waals surface area contributed by atoms with Gasteiger partial charge in [0.2, 0.25) is 19.6 Å². The van der Waals surface area contributed by atoms with Crippen LogP contribution >= 0.6 is 0 Å². The van der Waals surface area contributed by atoms with Crippen molar-refractivity contribution < 1.29 is 67.2 Å². The standard InChI is InChI=1S/C31H28O2S2.2ClHO4/c1-2-20-30(34-26-16-8-4-12-22(26)32-23-13-5-9-17-27(23)34)31(21-3-1)35-28-18-10-6-14-24(28)33-25-15-7-11-19-29(25)35;2*2-1(3,4)5/h4-19,30-31H,1-3,20-21H2;2*(H,2,3,4,5)/q+2;;/p-2/t30-,31-;;/m1../s1. The maximum absolute atomic E-state index is 8.49. The Balaban J connectivity index is 0.000000351. The first-order chi connectivity index (χ1) is 21.4. The zero-order valence-electron chi connectivity index (χ0n) is 23.6. The highest BCUT2D eigenvalue weighted by molar-refractivity contribution is 8.01. The summed E-state index contributed by atoms with van der Waals surface area (Å²) in [6.07, 6.45) is 6.43. The van der Waals surface area contributed by atoms with Crippen LogP contribution in [0.25, 0.3) is 0 Å². The molecule has 0 bridgehead atoms. The predicted molar refractivity (Wildman–Crippen MR) is 144 cm³/mol. The van der Waals surface area contributed by atoms with Crippen molar-refractivity contribution in [1.82, 2.24) is 0 Å². The molecule has 0 N–H and O–H groups in total. The van der Waals surface area contributed by atoms with Gasteiger partial charge in [-0.25, -0.2) is 37.3 Å². The summed E-state index contributed by atoms with van der Waals surface area (Å²) < 4.78 is 80.8. The maximum atomic E-state index is 8.49. The summed E-state index contributed by atoms with van der Waals surface area (Å²) in [6.45, 7) is 0. The topological polar surface area (TPSA) is 203 Å². The molecule has 4 aromatic rings. The second-order valence-electron chi connectivity index (χ2n) is 10.1. The molecule has 0 amide bonds. The summed E-state index contributed by atoms with van der Waals surface area (Å²) >= 11 is 0. The van der Waals surface area contributed by atoms with Gasteiger partial charge in [-0.05, 0) is 61.4 Å². The number of fused-ring (bicyclic) bond motifs is 4. The Morgan fingerprint density at radius 2 is 0.667 bits per heavy atom. The number of benzene rings is 4. The first kappa shape index (κ1) is 33.8. The Bertz CT molecular complexity index is 1380. The monoisotopic (exact) mass is 694 g/mol. The van der Waals surface area contributed by atoms with E-state index in [9.17, 15) is 0 Å². The Morgan fingerprint density at radius 3 is 0.933 bits per heavy atom. The molecule has 0 radical (unpaired) electrons. The third kappa shape index (κ3) is 8.83. The average molecular weight is 696 g/mol. The fourth-order valence-electron chi connectivity index (χ4n) is 5.77. The number of rotatable bonds is 2. The molecule has 10 nitrogen and oxygen atoms in total. The molecule has 238 valence electrons. The Morgan fingerprint density at radius 1 is 0.422 bits per heavy atom. The minimum absolute atomic E-state index is 0.0363. The van der Waals surface area contributed by atoms with Crippen molar-refractivity contribution in [3.8, 4) is 23.0 Å². The molecule has 0 aromatic heterocycles. The summed E-state index contributed by atoms with van der Waals surface area (Å²) in [4.78, 5) is 5.51. The van der Waals surface area contributed by atoms with Crippen molar-refractivity contribution in [2.24, 2.45) is 0 Å². The molecule has 0 saturated heterocycles. The van der Waals surface area contributed by atoms with Crippen LogP contribution in [0.4, 0.5) is 0 Å². The smallest absolute Gasteiger partial charge is 0.203 e. The summed E-state index contributed by atoms with van der Waals surface area (Å²) in [6, 6.07) is 35.0. The number of hydrogen-bond acceptors (Lipinski definition) is 10. The Labute approximate surface area is 270 Å². The van der Waals surface area contributed by atoms with E-state index < -0.39 is 20.5 Å². The fraction of sp³-hybridized carbons (Fsp3) is 0.226. The molecule has 7 rings (SSSR count). The highest BCUT2D eigenvalue weighted by Gasteiger charge is 2.56.